The van der Waals surface area contributed by atoms with E-state index in [0.717, 1.165) is 32.5 Å². The number of carbonyl (C=O) groups excluding carboxylic acids is 2. The van der Waals surface area contributed by atoms with Gasteiger partial charge in [0.1, 0.15) is 0 Å². The van der Waals surface area contributed by atoms with Gasteiger partial charge in [-0.2, -0.15) is 0 Å². The standard InChI is InChI=1S/C24H36N2O2/c1-23-11-9-19-17(15-25-21-14-16(27)8-10-24(19,21)2)18(23)6-7-20(23)22(28)26-12-4-3-5-13-26/h14,17-20,25H,3-13,15H2,1-2H3/t17-,18-,19-,20+,23-,24+/m0/s1. The number of nitrogens with zero attached hydrogens (tertiary/aromatic N) is 1. The molecule has 0 bridgehead atoms. The average Bonchev–Trinajstić information content (AvgIpc) is 3.06. The van der Waals surface area contributed by atoms with Gasteiger partial charge in [0.25, 0.3) is 0 Å². The summed E-state index contributed by atoms with van der Waals surface area (Å²) in [6.07, 6.45) is 11.9. The van der Waals surface area contributed by atoms with Gasteiger partial charge in [-0.3, -0.25) is 9.59 Å². The molecular weight excluding hydrogens is 348 g/mol. The van der Waals surface area contributed by atoms with Crippen LogP contribution in [0.2, 0.25) is 0 Å². The summed E-state index contributed by atoms with van der Waals surface area (Å²) in [5.74, 6) is 2.93. The van der Waals surface area contributed by atoms with Gasteiger partial charge in [0, 0.05) is 49.2 Å². The van der Waals surface area contributed by atoms with Crippen molar-refractivity contribution in [1.82, 2.24) is 10.2 Å². The molecule has 4 heteroatoms. The van der Waals surface area contributed by atoms with E-state index in [1.807, 2.05) is 6.08 Å². The lowest BCUT2D eigenvalue weighted by Gasteiger charge is -2.58. The van der Waals surface area contributed by atoms with Crippen LogP contribution >= 0.6 is 0 Å². The highest BCUT2D eigenvalue weighted by Gasteiger charge is 2.60. The Bertz CT molecular complexity index is 709. The summed E-state index contributed by atoms with van der Waals surface area (Å²) < 4.78 is 0. The van der Waals surface area contributed by atoms with Crippen LogP contribution in [-0.4, -0.2) is 36.2 Å². The van der Waals surface area contributed by atoms with Gasteiger partial charge in [-0.15, -0.1) is 0 Å². The van der Waals surface area contributed by atoms with Gasteiger partial charge >= 0.3 is 0 Å². The minimum absolute atomic E-state index is 0.132. The fourth-order valence-corrected chi connectivity index (χ4v) is 7.89. The minimum Gasteiger partial charge on any atom is -0.387 e. The molecular formula is C24H36N2O2. The van der Waals surface area contributed by atoms with Crippen LogP contribution in [0.25, 0.3) is 0 Å². The van der Waals surface area contributed by atoms with Crippen molar-refractivity contribution in [2.75, 3.05) is 19.6 Å². The molecule has 0 aromatic rings. The molecule has 2 saturated carbocycles. The number of nitrogens with one attached hydrogen (secondary N) is 1. The molecule has 4 nitrogen and oxygen atoms in total. The van der Waals surface area contributed by atoms with Gasteiger partial charge in [-0.1, -0.05) is 13.8 Å². The first-order chi connectivity index (χ1) is 13.4. The molecule has 2 heterocycles. The van der Waals surface area contributed by atoms with E-state index in [-0.39, 0.29) is 22.5 Å². The zero-order valence-electron chi connectivity index (χ0n) is 17.6. The third-order valence-corrected chi connectivity index (χ3v) is 9.56. The fourth-order valence-electron chi connectivity index (χ4n) is 7.89. The molecule has 5 rings (SSSR count). The number of rotatable bonds is 1. The van der Waals surface area contributed by atoms with E-state index in [9.17, 15) is 9.59 Å². The first-order valence-corrected chi connectivity index (χ1v) is 11.7. The van der Waals surface area contributed by atoms with E-state index in [1.54, 1.807) is 0 Å². The third-order valence-electron chi connectivity index (χ3n) is 9.56. The van der Waals surface area contributed by atoms with Crippen molar-refractivity contribution in [2.24, 2.45) is 34.5 Å². The lowest BCUT2D eigenvalue weighted by Crippen LogP contribution is -2.57. The molecule has 0 aromatic carbocycles. The van der Waals surface area contributed by atoms with E-state index in [1.165, 1.54) is 44.2 Å². The van der Waals surface area contributed by atoms with Crippen LogP contribution in [0.15, 0.2) is 11.8 Å². The monoisotopic (exact) mass is 384 g/mol. The lowest BCUT2D eigenvalue weighted by atomic mass is 9.50. The normalized spacial score (nSPS) is 45.4. The van der Waals surface area contributed by atoms with Crippen LogP contribution in [-0.2, 0) is 9.59 Å². The van der Waals surface area contributed by atoms with Crippen molar-refractivity contribution in [3.05, 3.63) is 11.8 Å². The van der Waals surface area contributed by atoms with Crippen LogP contribution in [0.4, 0.5) is 0 Å². The topological polar surface area (TPSA) is 49.4 Å². The third kappa shape index (κ3) is 2.62. The Balaban J connectivity index is 1.39. The number of hydrogen-bond acceptors (Lipinski definition) is 3. The molecule has 1 N–H and O–H groups in total. The van der Waals surface area contributed by atoms with Gasteiger partial charge < -0.3 is 10.2 Å². The second-order valence-corrected chi connectivity index (χ2v) is 10.8. The molecule has 3 aliphatic carbocycles. The Morgan fingerprint density at radius 2 is 1.86 bits per heavy atom. The van der Waals surface area contributed by atoms with E-state index >= 15 is 0 Å². The van der Waals surface area contributed by atoms with Crippen LogP contribution in [0.3, 0.4) is 0 Å². The quantitative estimate of drug-likeness (QED) is 0.746. The predicted octanol–water partition coefficient (Wildman–Crippen LogP) is 3.91. The van der Waals surface area contributed by atoms with Crippen molar-refractivity contribution in [2.45, 2.75) is 71.6 Å². The van der Waals surface area contributed by atoms with Crippen molar-refractivity contribution in [3.8, 4) is 0 Å². The summed E-state index contributed by atoms with van der Waals surface area (Å²) in [5.41, 5.74) is 1.50. The number of piperidine rings is 2. The molecule has 0 spiro atoms. The molecule has 4 fully saturated rings. The molecule has 0 aromatic heterocycles. The van der Waals surface area contributed by atoms with Crippen molar-refractivity contribution >= 4 is 11.7 Å². The molecule has 0 radical (unpaired) electrons. The summed E-state index contributed by atoms with van der Waals surface area (Å²) in [6.45, 7) is 7.77. The van der Waals surface area contributed by atoms with Crippen LogP contribution < -0.4 is 5.32 Å². The lowest BCUT2D eigenvalue weighted by molar-refractivity contribution is -0.143. The van der Waals surface area contributed by atoms with E-state index < -0.39 is 0 Å². The first-order valence-electron chi connectivity index (χ1n) is 11.7. The number of carbonyl (C=O) groups is 2. The van der Waals surface area contributed by atoms with Crippen molar-refractivity contribution in [3.63, 3.8) is 0 Å². The second kappa shape index (κ2) is 6.60. The highest BCUT2D eigenvalue weighted by atomic mass is 16.2. The van der Waals surface area contributed by atoms with Gasteiger partial charge in [0.15, 0.2) is 5.78 Å². The van der Waals surface area contributed by atoms with Crippen molar-refractivity contribution < 1.29 is 9.59 Å². The molecule has 2 aliphatic heterocycles. The van der Waals surface area contributed by atoms with Gasteiger partial charge in [-0.25, -0.2) is 0 Å². The maximum absolute atomic E-state index is 13.4. The largest absolute Gasteiger partial charge is 0.387 e. The molecule has 5 aliphatic rings. The van der Waals surface area contributed by atoms with Gasteiger partial charge in [0.05, 0.1) is 0 Å². The molecule has 154 valence electrons. The summed E-state index contributed by atoms with van der Waals surface area (Å²) in [4.78, 5) is 27.6. The zero-order valence-corrected chi connectivity index (χ0v) is 17.6. The zero-order chi connectivity index (χ0) is 19.5. The molecule has 1 amide bonds. The smallest absolute Gasteiger partial charge is 0.226 e. The Morgan fingerprint density at radius 1 is 1.07 bits per heavy atom. The Kier molecular flexibility index (Phi) is 4.41. The average molecular weight is 385 g/mol. The highest BCUT2D eigenvalue weighted by Crippen LogP contribution is 2.64. The fraction of sp³-hybridized carbons (Fsp3) is 0.833. The number of fused-ring (bicyclic) bond motifs is 5. The molecule has 28 heavy (non-hydrogen) atoms. The SMILES string of the molecule is C[C@]12CC[C@H]3[C@@H](CNC4=CC(=O)CC[C@@]43C)[C@@H]1CC[C@@H]2C(=O)N1CCCCC1. The van der Waals surface area contributed by atoms with E-state index in [4.69, 9.17) is 0 Å². The Labute approximate surface area is 169 Å². The molecule has 0 unspecified atom stereocenters. The number of likely N-dealkylation sites (tertiary alicyclic amines) is 1. The van der Waals surface area contributed by atoms with Crippen molar-refractivity contribution in [1.29, 1.82) is 0 Å². The summed E-state index contributed by atoms with van der Waals surface area (Å²) in [5, 5.41) is 3.67. The molecule has 2 saturated heterocycles. The number of ketones is 1. The van der Waals surface area contributed by atoms with Gasteiger partial charge in [0.2, 0.25) is 5.91 Å². The number of allylic oxidation sites excluding steroid dienone is 2. The highest BCUT2D eigenvalue weighted by molar-refractivity contribution is 5.91. The van der Waals surface area contributed by atoms with E-state index in [2.05, 4.69) is 24.1 Å². The minimum atomic E-state index is 0.132. The molecule has 6 atom stereocenters. The predicted molar refractivity (Wildman–Crippen MR) is 109 cm³/mol. The Morgan fingerprint density at radius 3 is 2.64 bits per heavy atom. The Hall–Kier alpha value is -1.32. The second-order valence-electron chi connectivity index (χ2n) is 10.8. The maximum Gasteiger partial charge on any atom is 0.226 e. The summed E-state index contributed by atoms with van der Waals surface area (Å²) in [6, 6.07) is 0. The number of hydrogen-bond donors (Lipinski definition) is 1. The first kappa shape index (κ1) is 18.7. The van der Waals surface area contributed by atoms with Crippen LogP contribution in [0, 0.1) is 34.5 Å². The van der Waals surface area contributed by atoms with Gasteiger partial charge in [-0.05, 0) is 74.5 Å². The summed E-state index contributed by atoms with van der Waals surface area (Å²) >= 11 is 0. The maximum atomic E-state index is 13.4. The van der Waals surface area contributed by atoms with Crippen LogP contribution in [0.1, 0.15) is 71.6 Å². The van der Waals surface area contributed by atoms with E-state index in [0.29, 0.717) is 30.1 Å². The summed E-state index contributed by atoms with van der Waals surface area (Å²) in [7, 11) is 0. The van der Waals surface area contributed by atoms with Crippen LogP contribution in [0.5, 0.6) is 0 Å². The number of amides is 1.